The third-order valence-corrected chi connectivity index (χ3v) is 6.20. The number of aliphatic imine (C=N–C) groups is 1. The Morgan fingerprint density at radius 1 is 1.08 bits per heavy atom. The first kappa shape index (κ1) is 19.4. The number of fused-ring (bicyclic) bond motifs is 2. The molecule has 2 unspecified atom stereocenters. The Hall–Kier alpha value is -1.34. The van der Waals surface area contributed by atoms with Gasteiger partial charge in [0.1, 0.15) is 0 Å². The fourth-order valence-electron chi connectivity index (χ4n) is 3.84. The van der Waals surface area contributed by atoms with Crippen molar-refractivity contribution in [2.45, 2.75) is 50.6 Å². The van der Waals surface area contributed by atoms with Gasteiger partial charge in [0.15, 0.2) is 5.17 Å². The van der Waals surface area contributed by atoms with E-state index in [0.717, 1.165) is 23.8 Å². The van der Waals surface area contributed by atoms with Crippen molar-refractivity contribution >= 4 is 45.7 Å². The molecular formula is C19H24BrN3O2S. The smallest absolute Gasteiger partial charge is 0.261 e. The van der Waals surface area contributed by atoms with Crippen molar-refractivity contribution in [1.29, 1.82) is 0 Å². The number of hydrogen-bond acceptors (Lipinski definition) is 5. The monoisotopic (exact) mass is 437 g/mol. The molecule has 26 heavy (non-hydrogen) atoms. The summed E-state index contributed by atoms with van der Waals surface area (Å²) in [5, 5.41) is 4.63. The molecule has 0 spiro atoms. The van der Waals surface area contributed by atoms with E-state index in [1.807, 2.05) is 0 Å². The normalized spacial score (nSPS) is 23.8. The Balaban J connectivity index is 0.00000196. The number of halogens is 1. The molecule has 5 nitrogen and oxygen atoms in total. The first-order chi connectivity index (χ1) is 12.2. The number of carbonyl (C=O) groups is 2. The third-order valence-electron chi connectivity index (χ3n) is 5.21. The summed E-state index contributed by atoms with van der Waals surface area (Å²) in [5.74, 6) is 0.660. The average molecular weight is 438 g/mol. The summed E-state index contributed by atoms with van der Waals surface area (Å²) in [6, 6.07) is 8.10. The molecule has 1 aliphatic carbocycles. The van der Waals surface area contributed by atoms with Crippen LogP contribution in [0.25, 0.3) is 0 Å². The Morgan fingerprint density at radius 2 is 1.77 bits per heavy atom. The molecule has 1 fully saturated rings. The van der Waals surface area contributed by atoms with Gasteiger partial charge in [-0.15, -0.1) is 17.0 Å². The number of rotatable bonds is 5. The van der Waals surface area contributed by atoms with Crippen LogP contribution in [0.3, 0.4) is 0 Å². The number of benzene rings is 1. The molecular weight excluding hydrogens is 414 g/mol. The highest BCUT2D eigenvalue weighted by Gasteiger charge is 2.34. The predicted octanol–water partition coefficient (Wildman–Crippen LogP) is 3.64. The zero-order valence-electron chi connectivity index (χ0n) is 14.6. The van der Waals surface area contributed by atoms with E-state index in [0.29, 0.717) is 29.8 Å². The van der Waals surface area contributed by atoms with E-state index in [1.54, 1.807) is 36.0 Å². The van der Waals surface area contributed by atoms with Gasteiger partial charge in [0.2, 0.25) is 0 Å². The highest BCUT2D eigenvalue weighted by Crippen LogP contribution is 2.27. The first-order valence-corrected chi connectivity index (χ1v) is 10.1. The maximum absolute atomic E-state index is 12.3. The van der Waals surface area contributed by atoms with Crippen LogP contribution in [0.4, 0.5) is 0 Å². The molecule has 4 rings (SSSR count). The van der Waals surface area contributed by atoms with Gasteiger partial charge < -0.3 is 5.32 Å². The molecule has 2 heterocycles. The van der Waals surface area contributed by atoms with E-state index in [-0.39, 0.29) is 28.8 Å². The maximum atomic E-state index is 12.3. The molecule has 2 aliphatic heterocycles. The molecule has 1 aromatic carbocycles. The van der Waals surface area contributed by atoms with Gasteiger partial charge in [-0.05, 0) is 37.8 Å². The van der Waals surface area contributed by atoms with Crippen LogP contribution < -0.4 is 5.32 Å². The van der Waals surface area contributed by atoms with Gasteiger partial charge in [-0.25, -0.2) is 0 Å². The summed E-state index contributed by atoms with van der Waals surface area (Å²) in [7, 11) is 0. The van der Waals surface area contributed by atoms with Crippen molar-refractivity contribution < 1.29 is 9.59 Å². The lowest BCUT2D eigenvalue weighted by molar-refractivity contribution is 0.0652. The van der Waals surface area contributed by atoms with E-state index in [1.165, 1.54) is 30.6 Å². The largest absolute Gasteiger partial charge is 0.360 e. The number of hydrogen-bond donors (Lipinski definition) is 1. The topological polar surface area (TPSA) is 61.8 Å². The number of unbranched alkanes of at least 4 members (excludes halogenated alkanes) is 1. The Bertz CT molecular complexity index is 689. The highest BCUT2D eigenvalue weighted by molar-refractivity contribution is 8.93. The lowest BCUT2D eigenvalue weighted by Crippen LogP contribution is -2.36. The van der Waals surface area contributed by atoms with Crippen LogP contribution >= 0.6 is 28.7 Å². The summed E-state index contributed by atoms with van der Waals surface area (Å²) in [5.41, 5.74) is 1.07. The molecule has 140 valence electrons. The van der Waals surface area contributed by atoms with E-state index >= 15 is 0 Å². The van der Waals surface area contributed by atoms with Crippen LogP contribution in [0.1, 0.15) is 59.2 Å². The Morgan fingerprint density at radius 3 is 2.46 bits per heavy atom. The van der Waals surface area contributed by atoms with E-state index in [2.05, 4.69) is 5.32 Å². The van der Waals surface area contributed by atoms with Gasteiger partial charge in [0.05, 0.1) is 23.2 Å². The molecule has 0 radical (unpaired) electrons. The number of nitrogens with one attached hydrogen (secondary N) is 1. The third kappa shape index (κ3) is 3.83. The van der Waals surface area contributed by atoms with E-state index < -0.39 is 0 Å². The van der Waals surface area contributed by atoms with E-state index in [4.69, 9.17) is 4.99 Å². The number of carbonyl (C=O) groups excluding carboxylic acids is 2. The number of amidine groups is 1. The van der Waals surface area contributed by atoms with Gasteiger partial charge in [-0.1, -0.05) is 36.7 Å². The minimum absolute atomic E-state index is 0. The summed E-state index contributed by atoms with van der Waals surface area (Å²) < 4.78 is 0. The molecule has 2 amide bonds. The Kier molecular flexibility index (Phi) is 6.40. The quantitative estimate of drug-likeness (QED) is 0.563. The fourth-order valence-corrected chi connectivity index (χ4v) is 4.83. The van der Waals surface area contributed by atoms with Crippen LogP contribution in [0.15, 0.2) is 29.3 Å². The van der Waals surface area contributed by atoms with Crippen LogP contribution in [0.2, 0.25) is 0 Å². The van der Waals surface area contributed by atoms with Gasteiger partial charge in [0.25, 0.3) is 11.8 Å². The molecule has 0 saturated heterocycles. The lowest BCUT2D eigenvalue weighted by Gasteiger charge is -2.23. The number of nitrogens with zero attached hydrogens (tertiary/aromatic N) is 2. The van der Waals surface area contributed by atoms with Gasteiger partial charge in [-0.2, -0.15) is 0 Å². The molecule has 1 saturated carbocycles. The minimum atomic E-state index is -0.154. The van der Waals surface area contributed by atoms with Crippen LogP contribution in [-0.2, 0) is 0 Å². The molecule has 0 bridgehead atoms. The number of thioether (sulfide) groups is 1. The van der Waals surface area contributed by atoms with Crippen molar-refractivity contribution in [2.24, 2.45) is 4.99 Å². The average Bonchev–Trinajstić information content (AvgIpc) is 3.15. The first-order valence-electron chi connectivity index (χ1n) is 9.16. The second-order valence-electron chi connectivity index (χ2n) is 6.90. The summed E-state index contributed by atoms with van der Waals surface area (Å²) in [6.07, 6.45) is 6.85. The van der Waals surface area contributed by atoms with Crippen molar-refractivity contribution in [3.63, 3.8) is 0 Å². The zero-order chi connectivity index (χ0) is 17.2. The molecule has 7 heteroatoms. The Labute approximate surface area is 168 Å². The molecule has 0 aromatic heterocycles. The number of amides is 2. The SMILES string of the molecule is Br.O=C1c2ccccc2C(=O)N1CCCCSC1=NC2CCCCC2N1. The van der Waals surface area contributed by atoms with E-state index in [9.17, 15) is 9.59 Å². The molecule has 1 aromatic rings. The molecule has 2 atom stereocenters. The van der Waals surface area contributed by atoms with Crippen LogP contribution in [-0.4, -0.2) is 46.3 Å². The van der Waals surface area contributed by atoms with Crippen molar-refractivity contribution in [3.8, 4) is 0 Å². The predicted molar refractivity (Wildman–Crippen MR) is 110 cm³/mol. The van der Waals surface area contributed by atoms with Gasteiger partial charge in [0, 0.05) is 12.3 Å². The zero-order valence-corrected chi connectivity index (χ0v) is 17.2. The molecule has 3 aliphatic rings. The number of imide groups is 1. The lowest BCUT2D eigenvalue weighted by atomic mass is 9.92. The second kappa shape index (κ2) is 8.57. The standard InChI is InChI=1S/C19H23N3O2S.BrH/c23-17-13-7-1-2-8-14(13)18(24)22(17)11-5-6-12-25-19-20-15-9-3-4-10-16(15)21-19;/h1-2,7-8,15-16H,3-6,9-12H2,(H,20,21);1H. The van der Waals surface area contributed by atoms with Gasteiger partial charge in [-0.3, -0.25) is 19.5 Å². The van der Waals surface area contributed by atoms with Crippen molar-refractivity contribution in [3.05, 3.63) is 35.4 Å². The highest BCUT2D eigenvalue weighted by atomic mass is 79.9. The summed E-state index contributed by atoms with van der Waals surface area (Å²) >= 11 is 1.77. The van der Waals surface area contributed by atoms with Gasteiger partial charge >= 0.3 is 0 Å². The molecule has 1 N–H and O–H groups in total. The van der Waals surface area contributed by atoms with Crippen molar-refractivity contribution in [2.75, 3.05) is 12.3 Å². The fraction of sp³-hybridized carbons (Fsp3) is 0.526. The second-order valence-corrected chi connectivity index (χ2v) is 7.98. The summed E-state index contributed by atoms with van der Waals surface area (Å²) in [6.45, 7) is 0.498. The summed E-state index contributed by atoms with van der Waals surface area (Å²) in [4.78, 5) is 30.8. The van der Waals surface area contributed by atoms with Crippen LogP contribution in [0, 0.1) is 0 Å². The minimum Gasteiger partial charge on any atom is -0.360 e. The van der Waals surface area contributed by atoms with Crippen molar-refractivity contribution in [1.82, 2.24) is 10.2 Å². The maximum Gasteiger partial charge on any atom is 0.261 e. The van der Waals surface area contributed by atoms with Crippen LogP contribution in [0.5, 0.6) is 0 Å².